The highest BCUT2D eigenvalue weighted by Gasteiger charge is 2.29. The number of amides is 3. The minimum absolute atomic E-state index is 0.0749. The molecule has 0 bridgehead atoms. The summed E-state index contributed by atoms with van der Waals surface area (Å²) in [6.45, 7) is 5.47. The van der Waals surface area contributed by atoms with Gasteiger partial charge in [-0.05, 0) is 13.3 Å². The number of piperidine rings is 1. The Bertz CT molecular complexity index is 562. The third kappa shape index (κ3) is 2.87. The Morgan fingerprint density at radius 1 is 1.45 bits per heavy atom. The molecule has 2 heterocycles. The van der Waals surface area contributed by atoms with E-state index in [9.17, 15) is 14.4 Å². The summed E-state index contributed by atoms with van der Waals surface area (Å²) in [6, 6.07) is -0.709. The van der Waals surface area contributed by atoms with E-state index in [1.165, 1.54) is 0 Å². The highest BCUT2D eigenvalue weighted by molar-refractivity contribution is 6.03. The first-order chi connectivity index (χ1) is 9.38. The molecule has 2 rings (SSSR count). The van der Waals surface area contributed by atoms with E-state index in [1.807, 2.05) is 13.8 Å². The molecule has 1 aromatic rings. The minimum atomic E-state index is -0.709. The fourth-order valence-corrected chi connectivity index (χ4v) is 1.93. The van der Waals surface area contributed by atoms with E-state index in [1.54, 1.807) is 6.92 Å². The molecule has 7 nitrogen and oxygen atoms in total. The summed E-state index contributed by atoms with van der Waals surface area (Å²) in [6.07, 6.45) is 0.510. The van der Waals surface area contributed by atoms with Crippen LogP contribution in [0.5, 0.6) is 0 Å². The minimum Gasteiger partial charge on any atom is -0.445 e. The smallest absolute Gasteiger partial charge is 0.274 e. The van der Waals surface area contributed by atoms with Gasteiger partial charge in [-0.3, -0.25) is 19.7 Å². The average molecular weight is 279 g/mol. The number of rotatable bonds is 3. The zero-order valence-electron chi connectivity index (χ0n) is 11.6. The number of carbonyl (C=O) groups is 3. The summed E-state index contributed by atoms with van der Waals surface area (Å²) in [5.41, 5.74) is 0.179. The Morgan fingerprint density at radius 2 is 2.15 bits per heavy atom. The third-order valence-corrected chi connectivity index (χ3v) is 3.07. The fourth-order valence-electron chi connectivity index (χ4n) is 1.93. The molecular formula is C13H17N3O4. The van der Waals surface area contributed by atoms with E-state index in [0.717, 1.165) is 0 Å². The van der Waals surface area contributed by atoms with Crippen LogP contribution >= 0.6 is 0 Å². The molecule has 0 radical (unpaired) electrons. The zero-order valence-corrected chi connectivity index (χ0v) is 11.6. The number of hydrogen-bond donors (Lipinski definition) is 2. The molecule has 3 amide bonds. The van der Waals surface area contributed by atoms with Crippen molar-refractivity contribution in [1.29, 1.82) is 0 Å². The van der Waals surface area contributed by atoms with Crippen LogP contribution in [-0.4, -0.2) is 28.7 Å². The summed E-state index contributed by atoms with van der Waals surface area (Å²) >= 11 is 0. The summed E-state index contributed by atoms with van der Waals surface area (Å²) < 4.78 is 5.40. The molecule has 20 heavy (non-hydrogen) atoms. The Balaban J connectivity index is 2.08. The largest absolute Gasteiger partial charge is 0.445 e. The van der Waals surface area contributed by atoms with Gasteiger partial charge < -0.3 is 9.73 Å². The average Bonchev–Trinajstić information content (AvgIpc) is 2.75. The summed E-state index contributed by atoms with van der Waals surface area (Å²) in [7, 11) is 0. The zero-order chi connectivity index (χ0) is 14.9. The second-order valence-corrected chi connectivity index (χ2v) is 5.09. The van der Waals surface area contributed by atoms with Crippen LogP contribution in [-0.2, 0) is 9.59 Å². The lowest BCUT2D eigenvalue weighted by Gasteiger charge is -2.21. The molecule has 1 atom stereocenters. The Hall–Kier alpha value is -2.18. The predicted molar refractivity (Wildman–Crippen MR) is 69.0 cm³/mol. The number of nitrogens with zero attached hydrogens (tertiary/aromatic N) is 1. The number of nitrogens with one attached hydrogen (secondary N) is 2. The van der Waals surface area contributed by atoms with Gasteiger partial charge in [-0.2, -0.15) is 0 Å². The quantitative estimate of drug-likeness (QED) is 0.791. The molecule has 1 unspecified atom stereocenters. The van der Waals surface area contributed by atoms with Gasteiger partial charge in [0.15, 0.2) is 11.6 Å². The summed E-state index contributed by atoms with van der Waals surface area (Å²) in [4.78, 5) is 38.9. The van der Waals surface area contributed by atoms with Gasteiger partial charge in [-0.15, -0.1) is 0 Å². The van der Waals surface area contributed by atoms with E-state index in [2.05, 4.69) is 15.6 Å². The molecule has 7 heteroatoms. The van der Waals surface area contributed by atoms with Gasteiger partial charge in [0, 0.05) is 12.3 Å². The Labute approximate surface area is 116 Å². The molecule has 108 valence electrons. The fraction of sp³-hybridized carbons (Fsp3) is 0.538. The molecule has 1 saturated heterocycles. The Morgan fingerprint density at radius 3 is 2.70 bits per heavy atom. The van der Waals surface area contributed by atoms with Crippen LogP contribution in [0.1, 0.15) is 54.7 Å². The van der Waals surface area contributed by atoms with E-state index in [0.29, 0.717) is 18.1 Å². The van der Waals surface area contributed by atoms with Crippen LogP contribution in [0, 0.1) is 6.92 Å². The predicted octanol–water partition coefficient (Wildman–Crippen LogP) is 0.641. The van der Waals surface area contributed by atoms with Crippen molar-refractivity contribution >= 4 is 17.7 Å². The molecule has 2 N–H and O–H groups in total. The molecule has 1 aliphatic rings. The standard InChI is InChI=1S/C13H17N3O4/c1-6(2)13-16-10(7(3)20-13)12(19)14-8-4-5-9(17)15-11(8)18/h6,8H,4-5H2,1-3H3,(H,14,19)(H,15,17,18). The van der Waals surface area contributed by atoms with Gasteiger partial charge in [0.2, 0.25) is 11.8 Å². The number of aromatic nitrogens is 1. The summed E-state index contributed by atoms with van der Waals surface area (Å²) in [5, 5.41) is 4.76. The first-order valence-corrected chi connectivity index (χ1v) is 6.50. The van der Waals surface area contributed by atoms with Gasteiger partial charge in [-0.25, -0.2) is 4.98 Å². The van der Waals surface area contributed by atoms with Crippen molar-refractivity contribution < 1.29 is 18.8 Å². The van der Waals surface area contributed by atoms with Crippen LogP contribution in [0.3, 0.4) is 0 Å². The maximum Gasteiger partial charge on any atom is 0.274 e. The molecule has 1 fully saturated rings. The first-order valence-electron chi connectivity index (χ1n) is 6.50. The molecule has 1 aromatic heterocycles. The number of hydrogen-bond acceptors (Lipinski definition) is 5. The maximum atomic E-state index is 12.1. The van der Waals surface area contributed by atoms with Gasteiger partial charge >= 0.3 is 0 Å². The van der Waals surface area contributed by atoms with Crippen LogP contribution in [0.2, 0.25) is 0 Å². The molecular weight excluding hydrogens is 262 g/mol. The molecule has 0 aromatic carbocycles. The van der Waals surface area contributed by atoms with Crippen molar-refractivity contribution in [3.63, 3.8) is 0 Å². The molecule has 0 aliphatic carbocycles. The van der Waals surface area contributed by atoms with Crippen molar-refractivity contribution in [2.45, 2.75) is 45.6 Å². The highest BCUT2D eigenvalue weighted by atomic mass is 16.4. The van der Waals surface area contributed by atoms with Crippen molar-refractivity contribution in [2.75, 3.05) is 0 Å². The second kappa shape index (κ2) is 5.44. The molecule has 0 saturated carbocycles. The van der Waals surface area contributed by atoms with Crippen molar-refractivity contribution in [1.82, 2.24) is 15.6 Å². The summed E-state index contributed by atoms with van der Waals surface area (Å²) in [5.74, 6) is -0.298. The van der Waals surface area contributed by atoms with E-state index >= 15 is 0 Å². The number of carbonyl (C=O) groups excluding carboxylic acids is 3. The van der Waals surface area contributed by atoms with Crippen LogP contribution in [0.15, 0.2) is 4.42 Å². The van der Waals surface area contributed by atoms with Gasteiger partial charge in [0.25, 0.3) is 5.91 Å². The van der Waals surface area contributed by atoms with Crippen LogP contribution < -0.4 is 10.6 Å². The Kier molecular flexibility index (Phi) is 3.87. The first kappa shape index (κ1) is 14.2. The van der Waals surface area contributed by atoms with Crippen molar-refractivity contribution in [3.8, 4) is 0 Å². The lowest BCUT2D eigenvalue weighted by molar-refractivity contribution is -0.134. The van der Waals surface area contributed by atoms with Gasteiger partial charge in [-0.1, -0.05) is 13.8 Å². The van der Waals surface area contributed by atoms with Gasteiger partial charge in [0.1, 0.15) is 11.8 Å². The second-order valence-electron chi connectivity index (χ2n) is 5.09. The van der Waals surface area contributed by atoms with E-state index in [-0.39, 0.29) is 23.9 Å². The molecule has 0 spiro atoms. The number of oxazole rings is 1. The van der Waals surface area contributed by atoms with Crippen LogP contribution in [0.25, 0.3) is 0 Å². The van der Waals surface area contributed by atoms with Crippen molar-refractivity contribution in [3.05, 3.63) is 17.3 Å². The third-order valence-electron chi connectivity index (χ3n) is 3.07. The number of imide groups is 1. The lowest BCUT2D eigenvalue weighted by Crippen LogP contribution is -2.52. The monoisotopic (exact) mass is 279 g/mol. The van der Waals surface area contributed by atoms with Gasteiger partial charge in [0.05, 0.1) is 0 Å². The lowest BCUT2D eigenvalue weighted by atomic mass is 10.1. The van der Waals surface area contributed by atoms with E-state index < -0.39 is 17.9 Å². The highest BCUT2D eigenvalue weighted by Crippen LogP contribution is 2.18. The number of aryl methyl sites for hydroxylation is 1. The van der Waals surface area contributed by atoms with Crippen LogP contribution in [0.4, 0.5) is 0 Å². The van der Waals surface area contributed by atoms with Crippen molar-refractivity contribution in [2.24, 2.45) is 0 Å². The maximum absolute atomic E-state index is 12.1. The SMILES string of the molecule is Cc1oc(C(C)C)nc1C(=O)NC1CCC(=O)NC1=O. The normalized spacial score (nSPS) is 19.1. The molecule has 1 aliphatic heterocycles. The van der Waals surface area contributed by atoms with E-state index in [4.69, 9.17) is 4.42 Å². The topological polar surface area (TPSA) is 101 Å².